The van der Waals surface area contributed by atoms with Gasteiger partial charge in [0.1, 0.15) is 12.4 Å². The zero-order chi connectivity index (χ0) is 17.9. The first kappa shape index (κ1) is 19.6. The van der Waals surface area contributed by atoms with Gasteiger partial charge in [-0.2, -0.15) is 0 Å². The van der Waals surface area contributed by atoms with E-state index in [1.54, 1.807) is 0 Å². The number of nitrogens with one attached hydrogen (secondary N) is 2. The quantitative estimate of drug-likeness (QED) is 0.432. The van der Waals surface area contributed by atoms with E-state index >= 15 is 0 Å². The van der Waals surface area contributed by atoms with Crippen LogP contribution in [-0.2, 0) is 0 Å². The molecule has 0 spiro atoms. The van der Waals surface area contributed by atoms with Crippen molar-refractivity contribution in [2.24, 2.45) is 10.9 Å². The summed E-state index contributed by atoms with van der Waals surface area (Å²) < 4.78 is 5.72. The molecule has 1 atom stereocenters. The van der Waals surface area contributed by atoms with Gasteiger partial charge in [-0.05, 0) is 58.2 Å². The second-order valence-corrected chi connectivity index (χ2v) is 6.90. The Morgan fingerprint density at radius 1 is 1.28 bits per heavy atom. The summed E-state index contributed by atoms with van der Waals surface area (Å²) >= 11 is 0. The highest BCUT2D eigenvalue weighted by Crippen LogP contribution is 2.18. The van der Waals surface area contributed by atoms with E-state index < -0.39 is 0 Å². The Labute approximate surface area is 152 Å². The van der Waals surface area contributed by atoms with Gasteiger partial charge in [-0.25, -0.2) is 0 Å². The number of aliphatic imine (C=N–C) groups is 1. The molecule has 1 aromatic carbocycles. The third-order valence-electron chi connectivity index (χ3n) is 4.54. The summed E-state index contributed by atoms with van der Waals surface area (Å²) in [5.74, 6) is 2.45. The molecule has 140 valence electrons. The predicted molar refractivity (Wildman–Crippen MR) is 105 cm³/mol. The number of rotatable bonds is 8. The van der Waals surface area contributed by atoms with Crippen LogP contribution >= 0.6 is 0 Å². The van der Waals surface area contributed by atoms with Crippen molar-refractivity contribution in [2.45, 2.75) is 39.7 Å². The fourth-order valence-corrected chi connectivity index (χ4v) is 3.13. The van der Waals surface area contributed by atoms with Crippen molar-refractivity contribution in [3.63, 3.8) is 0 Å². The molecule has 0 amide bonds. The van der Waals surface area contributed by atoms with Crippen LogP contribution in [0.4, 0.5) is 0 Å². The molecule has 0 bridgehead atoms. The maximum absolute atomic E-state index is 5.72. The van der Waals surface area contributed by atoms with Gasteiger partial charge in [0.05, 0.1) is 6.54 Å². The Morgan fingerprint density at radius 2 is 2.08 bits per heavy atom. The van der Waals surface area contributed by atoms with Gasteiger partial charge in [0.15, 0.2) is 5.96 Å². The summed E-state index contributed by atoms with van der Waals surface area (Å²) in [5, 5.41) is 6.69. The number of para-hydroxylation sites is 1. The number of nitrogens with zero attached hydrogens (tertiary/aromatic N) is 2. The van der Waals surface area contributed by atoms with Crippen LogP contribution in [0.25, 0.3) is 0 Å². The third kappa shape index (κ3) is 7.34. The average Bonchev–Trinajstić information content (AvgIpc) is 2.64. The molecule has 1 unspecified atom stereocenters. The van der Waals surface area contributed by atoms with Crippen LogP contribution < -0.4 is 15.4 Å². The fourth-order valence-electron chi connectivity index (χ4n) is 3.13. The van der Waals surface area contributed by atoms with Crippen LogP contribution in [0.3, 0.4) is 0 Å². The van der Waals surface area contributed by atoms with Crippen molar-refractivity contribution in [3.05, 3.63) is 30.3 Å². The molecule has 0 saturated carbocycles. The number of hydrogen-bond donors (Lipinski definition) is 2. The molecule has 1 aliphatic rings. The number of ether oxygens (including phenoxy) is 1. The van der Waals surface area contributed by atoms with Gasteiger partial charge in [-0.15, -0.1) is 0 Å². The Kier molecular flexibility index (Phi) is 8.60. The maximum atomic E-state index is 5.72. The van der Waals surface area contributed by atoms with Gasteiger partial charge in [0.25, 0.3) is 0 Å². The van der Waals surface area contributed by atoms with Crippen molar-refractivity contribution < 1.29 is 4.74 Å². The highest BCUT2D eigenvalue weighted by atomic mass is 16.5. The van der Waals surface area contributed by atoms with E-state index in [2.05, 4.69) is 36.3 Å². The molecule has 1 saturated heterocycles. The van der Waals surface area contributed by atoms with Gasteiger partial charge in [-0.1, -0.05) is 18.2 Å². The second-order valence-electron chi connectivity index (χ2n) is 6.90. The molecule has 0 radical (unpaired) electrons. The molecule has 25 heavy (non-hydrogen) atoms. The van der Waals surface area contributed by atoms with Gasteiger partial charge >= 0.3 is 0 Å². The summed E-state index contributed by atoms with van der Waals surface area (Å²) in [6.07, 6.45) is 2.57. The largest absolute Gasteiger partial charge is 0.492 e. The molecule has 1 fully saturated rings. The second kappa shape index (κ2) is 11.0. The Bertz CT molecular complexity index is 504. The molecule has 1 aliphatic heterocycles. The Morgan fingerprint density at radius 3 is 2.80 bits per heavy atom. The third-order valence-corrected chi connectivity index (χ3v) is 4.54. The van der Waals surface area contributed by atoms with Crippen LogP contribution in [0, 0.1) is 5.92 Å². The van der Waals surface area contributed by atoms with Crippen LogP contribution in [0.15, 0.2) is 35.3 Å². The monoisotopic (exact) mass is 346 g/mol. The van der Waals surface area contributed by atoms with Crippen LogP contribution in [0.5, 0.6) is 5.75 Å². The highest BCUT2D eigenvalue weighted by molar-refractivity contribution is 5.79. The lowest BCUT2D eigenvalue weighted by Gasteiger charge is -2.34. The minimum absolute atomic E-state index is 0.624. The minimum Gasteiger partial charge on any atom is -0.492 e. The number of benzene rings is 1. The highest BCUT2D eigenvalue weighted by Gasteiger charge is 2.21. The molecular formula is C20H34N4O. The summed E-state index contributed by atoms with van der Waals surface area (Å²) in [6.45, 7) is 12.2. The Hall–Kier alpha value is -1.75. The predicted octanol–water partition coefficient (Wildman–Crippen LogP) is 2.74. The van der Waals surface area contributed by atoms with Crippen LogP contribution in [0.2, 0.25) is 0 Å². The fraction of sp³-hybridized carbons (Fsp3) is 0.650. The van der Waals surface area contributed by atoms with E-state index in [4.69, 9.17) is 9.73 Å². The summed E-state index contributed by atoms with van der Waals surface area (Å²) in [5.41, 5.74) is 0. The van der Waals surface area contributed by atoms with E-state index in [9.17, 15) is 0 Å². The van der Waals surface area contributed by atoms with E-state index in [-0.39, 0.29) is 0 Å². The summed E-state index contributed by atoms with van der Waals surface area (Å²) in [6, 6.07) is 10.5. The number of guanidine groups is 1. The molecule has 5 heteroatoms. The van der Waals surface area contributed by atoms with Crippen LogP contribution in [-0.4, -0.2) is 56.2 Å². The lowest BCUT2D eigenvalue weighted by Crippen LogP contribution is -2.42. The standard InChI is InChI=1S/C20H34N4O/c1-4-21-20(22-12-14-25-19-10-6-5-7-11-19)23-15-18-9-8-13-24(16-18)17(2)3/h5-7,10-11,17-18H,4,8-9,12-16H2,1-3H3,(H2,21,22,23). The van der Waals surface area contributed by atoms with Gasteiger partial charge in [0, 0.05) is 25.7 Å². The van der Waals surface area contributed by atoms with E-state index in [1.165, 1.54) is 19.4 Å². The molecule has 2 N–H and O–H groups in total. The molecule has 0 aliphatic carbocycles. The Balaban J connectivity index is 1.73. The molecule has 5 nitrogen and oxygen atoms in total. The molecular weight excluding hydrogens is 312 g/mol. The van der Waals surface area contributed by atoms with E-state index in [1.807, 2.05) is 30.3 Å². The van der Waals surface area contributed by atoms with Crippen molar-refractivity contribution in [1.29, 1.82) is 0 Å². The molecule has 2 rings (SSSR count). The summed E-state index contributed by atoms with van der Waals surface area (Å²) in [4.78, 5) is 7.35. The topological polar surface area (TPSA) is 48.9 Å². The van der Waals surface area contributed by atoms with Gasteiger partial charge < -0.3 is 20.3 Å². The molecule has 1 heterocycles. The zero-order valence-corrected chi connectivity index (χ0v) is 16.0. The zero-order valence-electron chi connectivity index (χ0n) is 16.0. The molecule has 1 aromatic rings. The van der Waals surface area contributed by atoms with E-state index in [0.717, 1.165) is 37.9 Å². The minimum atomic E-state index is 0.624. The van der Waals surface area contributed by atoms with E-state index in [0.29, 0.717) is 18.6 Å². The average molecular weight is 347 g/mol. The van der Waals surface area contributed by atoms with Crippen molar-refractivity contribution in [2.75, 3.05) is 39.3 Å². The summed E-state index contributed by atoms with van der Waals surface area (Å²) in [7, 11) is 0. The smallest absolute Gasteiger partial charge is 0.191 e. The molecule has 0 aromatic heterocycles. The van der Waals surface area contributed by atoms with Crippen molar-refractivity contribution >= 4 is 5.96 Å². The van der Waals surface area contributed by atoms with Crippen molar-refractivity contribution in [1.82, 2.24) is 15.5 Å². The number of piperidine rings is 1. The van der Waals surface area contributed by atoms with Crippen LogP contribution in [0.1, 0.15) is 33.6 Å². The number of hydrogen-bond acceptors (Lipinski definition) is 3. The maximum Gasteiger partial charge on any atom is 0.191 e. The SMILES string of the molecule is CCNC(=NCC1CCCN(C(C)C)C1)NCCOc1ccccc1. The van der Waals surface area contributed by atoms with Gasteiger partial charge in [0.2, 0.25) is 0 Å². The number of likely N-dealkylation sites (tertiary alicyclic amines) is 1. The normalized spacial score (nSPS) is 19.0. The first-order valence-electron chi connectivity index (χ1n) is 9.63. The van der Waals surface area contributed by atoms with Gasteiger partial charge in [-0.3, -0.25) is 4.99 Å². The lowest BCUT2D eigenvalue weighted by atomic mass is 9.97. The first-order chi connectivity index (χ1) is 12.2. The van der Waals surface area contributed by atoms with Crippen molar-refractivity contribution in [3.8, 4) is 5.75 Å². The lowest BCUT2D eigenvalue weighted by molar-refractivity contribution is 0.143. The first-order valence-corrected chi connectivity index (χ1v) is 9.63.